The minimum atomic E-state index is 0.658. The average molecular weight is 174 g/mol. The molecule has 0 atom stereocenters. The number of hydrogen-bond donors (Lipinski definition) is 0. The van der Waals surface area contributed by atoms with E-state index in [-0.39, 0.29) is 0 Å². The van der Waals surface area contributed by atoms with E-state index in [1.54, 1.807) is 0 Å². The van der Waals surface area contributed by atoms with E-state index in [0.29, 0.717) is 11.5 Å². The molecule has 0 saturated carbocycles. The van der Waals surface area contributed by atoms with Gasteiger partial charge in [0.15, 0.2) is 0 Å². The van der Waals surface area contributed by atoms with E-state index in [0.717, 1.165) is 11.1 Å². The van der Waals surface area contributed by atoms with Crippen molar-refractivity contribution in [1.29, 1.82) is 0 Å². The Morgan fingerprint density at radius 2 is 1.85 bits per heavy atom. The first-order chi connectivity index (χ1) is 6.11. The summed E-state index contributed by atoms with van der Waals surface area (Å²) in [5.74, 6) is 1.32. The molecule has 0 spiro atoms. The molecule has 0 bridgehead atoms. The second-order valence-electron chi connectivity index (χ2n) is 3.04. The van der Waals surface area contributed by atoms with E-state index in [1.807, 2.05) is 38.1 Å². The Kier molecular flexibility index (Phi) is 2.91. The van der Waals surface area contributed by atoms with Gasteiger partial charge in [-0.1, -0.05) is 37.4 Å². The normalized spacial score (nSPS) is 9.38. The summed E-state index contributed by atoms with van der Waals surface area (Å²) < 4.78 is 5.33. The molecule has 0 aliphatic heterocycles. The lowest BCUT2D eigenvalue weighted by molar-refractivity contribution is 0.388. The highest BCUT2D eigenvalue weighted by Crippen LogP contribution is 2.19. The van der Waals surface area contributed by atoms with Gasteiger partial charge in [-0.2, -0.15) is 0 Å². The summed E-state index contributed by atoms with van der Waals surface area (Å²) in [6.45, 7) is 11.3. The Labute approximate surface area is 79.4 Å². The van der Waals surface area contributed by atoms with Gasteiger partial charge < -0.3 is 4.74 Å². The van der Waals surface area contributed by atoms with E-state index >= 15 is 0 Å². The van der Waals surface area contributed by atoms with Gasteiger partial charge in [0, 0.05) is 5.56 Å². The smallest absolute Gasteiger partial charge is 0.127 e. The van der Waals surface area contributed by atoms with Crippen LogP contribution in [-0.4, -0.2) is 0 Å². The summed E-state index contributed by atoms with van der Waals surface area (Å²) >= 11 is 0. The molecule has 13 heavy (non-hydrogen) atoms. The number of aryl methyl sites for hydroxylation is 1. The molecule has 0 heterocycles. The topological polar surface area (TPSA) is 9.23 Å². The van der Waals surface area contributed by atoms with Gasteiger partial charge in [-0.25, -0.2) is 0 Å². The van der Waals surface area contributed by atoms with Gasteiger partial charge >= 0.3 is 0 Å². The Morgan fingerprint density at radius 1 is 1.23 bits per heavy atom. The quantitative estimate of drug-likeness (QED) is 0.637. The first kappa shape index (κ1) is 9.59. The zero-order valence-electron chi connectivity index (χ0n) is 8.13. The predicted molar refractivity (Wildman–Crippen MR) is 56.1 cm³/mol. The van der Waals surface area contributed by atoms with Crippen molar-refractivity contribution in [3.05, 3.63) is 54.3 Å². The third-order valence-electron chi connectivity index (χ3n) is 1.74. The van der Waals surface area contributed by atoms with Gasteiger partial charge in [0.2, 0.25) is 0 Å². The van der Waals surface area contributed by atoms with Crippen molar-refractivity contribution in [2.24, 2.45) is 0 Å². The van der Waals surface area contributed by atoms with Gasteiger partial charge in [-0.15, -0.1) is 0 Å². The lowest BCUT2D eigenvalue weighted by Gasteiger charge is -2.09. The molecular weight excluding hydrogens is 160 g/mol. The lowest BCUT2D eigenvalue weighted by atomic mass is 10.1. The molecule has 0 saturated heterocycles. The molecule has 0 N–H and O–H groups in total. The summed E-state index contributed by atoms with van der Waals surface area (Å²) in [5.41, 5.74) is 2.19. The summed E-state index contributed by atoms with van der Waals surface area (Å²) in [7, 11) is 0. The molecule has 1 aromatic carbocycles. The third-order valence-corrected chi connectivity index (χ3v) is 1.74. The predicted octanol–water partition coefficient (Wildman–Crippen LogP) is 3.52. The molecule has 0 unspecified atom stereocenters. The SMILES string of the molecule is C=C(C)OC(=C)c1ccccc1C. The first-order valence-electron chi connectivity index (χ1n) is 4.19. The van der Waals surface area contributed by atoms with Crippen molar-refractivity contribution >= 4 is 5.76 Å². The maximum absolute atomic E-state index is 5.33. The van der Waals surface area contributed by atoms with Crippen LogP contribution in [0.15, 0.2) is 43.2 Å². The highest BCUT2D eigenvalue weighted by molar-refractivity contribution is 5.61. The molecule has 0 aliphatic carbocycles. The fourth-order valence-electron chi connectivity index (χ4n) is 1.15. The van der Waals surface area contributed by atoms with Crippen LogP contribution in [0.25, 0.3) is 5.76 Å². The maximum Gasteiger partial charge on any atom is 0.127 e. The molecular formula is C12H14O. The molecule has 0 amide bonds. The van der Waals surface area contributed by atoms with Gasteiger partial charge in [0.05, 0.1) is 5.76 Å². The van der Waals surface area contributed by atoms with Crippen molar-refractivity contribution < 1.29 is 4.74 Å². The van der Waals surface area contributed by atoms with Crippen molar-refractivity contribution in [2.45, 2.75) is 13.8 Å². The van der Waals surface area contributed by atoms with Crippen LogP contribution >= 0.6 is 0 Å². The second kappa shape index (κ2) is 3.94. The number of rotatable bonds is 3. The second-order valence-corrected chi connectivity index (χ2v) is 3.04. The van der Waals surface area contributed by atoms with Crippen LogP contribution in [0.4, 0.5) is 0 Å². The van der Waals surface area contributed by atoms with Gasteiger partial charge in [0.25, 0.3) is 0 Å². The van der Waals surface area contributed by atoms with Crippen LogP contribution < -0.4 is 0 Å². The number of allylic oxidation sites excluding steroid dienone is 1. The van der Waals surface area contributed by atoms with E-state index in [2.05, 4.69) is 13.2 Å². The van der Waals surface area contributed by atoms with Gasteiger partial charge in [0.1, 0.15) is 5.76 Å². The van der Waals surface area contributed by atoms with Crippen LogP contribution in [0.1, 0.15) is 18.1 Å². The Balaban J connectivity index is 2.89. The van der Waals surface area contributed by atoms with E-state index in [1.165, 1.54) is 0 Å². The average Bonchev–Trinajstić information content (AvgIpc) is 2.03. The van der Waals surface area contributed by atoms with E-state index in [9.17, 15) is 0 Å². The Hall–Kier alpha value is -1.50. The zero-order valence-corrected chi connectivity index (χ0v) is 8.13. The number of benzene rings is 1. The van der Waals surface area contributed by atoms with Gasteiger partial charge in [-0.05, 0) is 19.4 Å². The van der Waals surface area contributed by atoms with Crippen molar-refractivity contribution in [3.63, 3.8) is 0 Å². The maximum atomic E-state index is 5.33. The summed E-state index contributed by atoms with van der Waals surface area (Å²) in [5, 5.41) is 0. The number of ether oxygens (including phenoxy) is 1. The lowest BCUT2D eigenvalue weighted by Crippen LogP contribution is -1.90. The van der Waals surface area contributed by atoms with Crippen LogP contribution in [0.5, 0.6) is 0 Å². The van der Waals surface area contributed by atoms with Crippen LogP contribution in [0.2, 0.25) is 0 Å². The van der Waals surface area contributed by atoms with Crippen LogP contribution in [-0.2, 0) is 4.74 Å². The van der Waals surface area contributed by atoms with E-state index in [4.69, 9.17) is 4.74 Å². The highest BCUT2D eigenvalue weighted by atomic mass is 16.5. The summed E-state index contributed by atoms with van der Waals surface area (Å²) in [6.07, 6.45) is 0. The monoisotopic (exact) mass is 174 g/mol. The summed E-state index contributed by atoms with van der Waals surface area (Å²) in [4.78, 5) is 0. The molecule has 1 nitrogen and oxygen atoms in total. The van der Waals surface area contributed by atoms with Crippen LogP contribution in [0, 0.1) is 6.92 Å². The molecule has 1 aromatic rings. The van der Waals surface area contributed by atoms with Crippen molar-refractivity contribution in [2.75, 3.05) is 0 Å². The highest BCUT2D eigenvalue weighted by Gasteiger charge is 2.02. The molecule has 1 heteroatoms. The van der Waals surface area contributed by atoms with E-state index < -0.39 is 0 Å². The Morgan fingerprint density at radius 3 is 2.38 bits per heavy atom. The molecule has 68 valence electrons. The van der Waals surface area contributed by atoms with Gasteiger partial charge in [-0.3, -0.25) is 0 Å². The minimum Gasteiger partial charge on any atom is -0.463 e. The zero-order chi connectivity index (χ0) is 9.84. The standard InChI is InChI=1S/C12H14O/c1-9(2)13-11(4)12-8-6-5-7-10(12)3/h5-8H,1,4H2,2-3H3. The molecule has 0 radical (unpaired) electrons. The molecule has 1 rings (SSSR count). The third kappa shape index (κ3) is 2.48. The van der Waals surface area contributed by atoms with Crippen molar-refractivity contribution in [1.82, 2.24) is 0 Å². The first-order valence-corrected chi connectivity index (χ1v) is 4.19. The molecule has 0 fully saturated rings. The minimum absolute atomic E-state index is 0.658. The molecule has 0 aromatic heterocycles. The van der Waals surface area contributed by atoms with Crippen molar-refractivity contribution in [3.8, 4) is 0 Å². The largest absolute Gasteiger partial charge is 0.463 e. The fourth-order valence-corrected chi connectivity index (χ4v) is 1.15. The molecule has 0 aliphatic rings. The number of hydrogen-bond acceptors (Lipinski definition) is 1. The fraction of sp³-hybridized carbons (Fsp3) is 0.167. The summed E-state index contributed by atoms with van der Waals surface area (Å²) in [6, 6.07) is 7.98. The van der Waals surface area contributed by atoms with Crippen LogP contribution in [0.3, 0.4) is 0 Å². The Bertz CT molecular complexity index is 337.